The van der Waals surface area contributed by atoms with Gasteiger partial charge in [0.25, 0.3) is 0 Å². The molecule has 0 aliphatic heterocycles. The predicted molar refractivity (Wildman–Crippen MR) is 145 cm³/mol. The molecule has 0 aliphatic carbocycles. The zero-order valence-corrected chi connectivity index (χ0v) is 23.1. The lowest BCUT2D eigenvalue weighted by Gasteiger charge is -2.19. The third-order valence-corrected chi connectivity index (χ3v) is 6.78. The summed E-state index contributed by atoms with van der Waals surface area (Å²) in [6, 6.07) is 16.2. The van der Waals surface area contributed by atoms with Crippen LogP contribution in [0.1, 0.15) is 68.0 Å². The highest BCUT2D eigenvalue weighted by molar-refractivity contribution is 7.92. The highest BCUT2D eigenvalue weighted by Gasteiger charge is 2.19. The van der Waals surface area contributed by atoms with Crippen molar-refractivity contribution in [2.24, 2.45) is 0 Å². The lowest BCUT2D eigenvalue weighted by Crippen LogP contribution is -2.13. The highest BCUT2D eigenvalue weighted by atomic mass is 32.2. The molecule has 3 aromatic rings. The predicted octanol–water partition coefficient (Wildman–Crippen LogP) is 6.08. The second-order valence-corrected chi connectivity index (χ2v) is 12.2. The van der Waals surface area contributed by atoms with Crippen molar-refractivity contribution in [1.82, 2.24) is 4.98 Å². The van der Waals surface area contributed by atoms with Gasteiger partial charge < -0.3 is 4.74 Å². The molecule has 8 heteroatoms. The minimum Gasteiger partial charge on any atom is -0.473 e. The molecule has 0 aliphatic rings. The largest absolute Gasteiger partial charge is 0.473 e. The van der Waals surface area contributed by atoms with Gasteiger partial charge in [-0.3, -0.25) is 9.52 Å². The number of nitrogens with zero attached hydrogens (tertiary/aromatic N) is 1. The minimum absolute atomic E-state index is 0.0625. The van der Waals surface area contributed by atoms with E-state index in [1.807, 2.05) is 19.1 Å². The number of aryl methyl sites for hydroxylation is 2. The average molecular weight is 527 g/mol. The molecule has 0 spiro atoms. The average Bonchev–Trinajstić information content (AvgIpc) is 2.81. The first-order valence-electron chi connectivity index (χ1n) is 12.2. The Balaban J connectivity index is 1.65. The van der Waals surface area contributed by atoms with Crippen molar-refractivity contribution in [3.8, 4) is 5.88 Å². The summed E-state index contributed by atoms with van der Waals surface area (Å²) in [7, 11) is -3.60. The molecular weight excluding hydrogens is 491 g/mol. The van der Waals surface area contributed by atoms with E-state index in [1.165, 1.54) is 17.7 Å². The lowest BCUT2D eigenvalue weighted by molar-refractivity contribution is -0.120. The van der Waals surface area contributed by atoms with Crippen molar-refractivity contribution in [3.63, 3.8) is 0 Å². The fourth-order valence-corrected chi connectivity index (χ4v) is 4.44. The van der Waals surface area contributed by atoms with Gasteiger partial charge in [-0.2, -0.15) is 0 Å². The van der Waals surface area contributed by atoms with Crippen molar-refractivity contribution < 1.29 is 22.3 Å². The van der Waals surface area contributed by atoms with E-state index in [0.29, 0.717) is 24.5 Å². The molecule has 0 amide bonds. The van der Waals surface area contributed by atoms with E-state index in [0.717, 1.165) is 23.1 Å². The van der Waals surface area contributed by atoms with Crippen LogP contribution < -0.4 is 9.46 Å². The maximum Gasteiger partial charge on any atom is 0.229 e. The summed E-state index contributed by atoms with van der Waals surface area (Å²) in [6.45, 7) is 10.5. The monoisotopic (exact) mass is 526 g/mol. The molecule has 198 valence electrons. The number of carbonyl (C=O) groups is 1. The van der Waals surface area contributed by atoms with Crippen LogP contribution in [0.25, 0.3) is 0 Å². The number of halogens is 1. The van der Waals surface area contributed by atoms with Gasteiger partial charge in [-0.25, -0.2) is 17.8 Å². The van der Waals surface area contributed by atoms with Gasteiger partial charge in [-0.15, -0.1) is 0 Å². The summed E-state index contributed by atoms with van der Waals surface area (Å²) in [5.41, 5.74) is 4.35. The number of benzene rings is 2. The van der Waals surface area contributed by atoms with Crippen molar-refractivity contribution in [1.29, 1.82) is 0 Å². The fraction of sp³-hybridized carbons (Fsp3) is 0.379. The molecule has 1 N–H and O–H groups in total. The molecule has 1 aromatic heterocycles. The van der Waals surface area contributed by atoms with Crippen LogP contribution in [-0.4, -0.2) is 25.4 Å². The second kappa shape index (κ2) is 11.4. The van der Waals surface area contributed by atoms with Gasteiger partial charge in [-0.05, 0) is 53.6 Å². The molecule has 0 saturated heterocycles. The Hall–Kier alpha value is -3.26. The zero-order valence-electron chi connectivity index (χ0n) is 22.3. The molecule has 1 unspecified atom stereocenters. The van der Waals surface area contributed by atoms with Gasteiger partial charge in [0.15, 0.2) is 0 Å². The van der Waals surface area contributed by atoms with E-state index in [1.54, 1.807) is 13.0 Å². The van der Waals surface area contributed by atoms with E-state index in [4.69, 9.17) is 4.74 Å². The summed E-state index contributed by atoms with van der Waals surface area (Å²) in [6.07, 6.45) is 1.62. The molecule has 0 saturated carbocycles. The maximum absolute atomic E-state index is 14.4. The Kier molecular flexibility index (Phi) is 8.74. The number of nitrogens with one attached hydrogen (secondary N) is 1. The number of rotatable bonds is 10. The van der Waals surface area contributed by atoms with Crippen LogP contribution in [0.2, 0.25) is 0 Å². The molecule has 1 heterocycles. The first-order valence-corrected chi connectivity index (χ1v) is 14.1. The molecule has 0 bridgehead atoms. The third kappa shape index (κ3) is 8.12. The first kappa shape index (κ1) is 28.3. The van der Waals surface area contributed by atoms with Crippen LogP contribution in [0.4, 0.5) is 10.1 Å². The topological polar surface area (TPSA) is 85.4 Å². The van der Waals surface area contributed by atoms with Crippen LogP contribution >= 0.6 is 0 Å². The molecule has 3 rings (SSSR count). The molecule has 2 aromatic carbocycles. The molecule has 0 fully saturated rings. The molecule has 6 nitrogen and oxygen atoms in total. The van der Waals surface area contributed by atoms with Crippen molar-refractivity contribution in [2.75, 3.05) is 11.0 Å². The Morgan fingerprint density at radius 2 is 1.76 bits per heavy atom. The number of anilines is 1. The van der Waals surface area contributed by atoms with Gasteiger partial charge in [0.2, 0.25) is 15.9 Å². The fourth-order valence-electron chi connectivity index (χ4n) is 3.87. The number of aromatic nitrogens is 1. The summed E-state index contributed by atoms with van der Waals surface area (Å²) in [5, 5.41) is 0. The van der Waals surface area contributed by atoms with Crippen LogP contribution in [0, 0.1) is 12.7 Å². The second-order valence-electron chi connectivity index (χ2n) is 10.5. The summed E-state index contributed by atoms with van der Waals surface area (Å²) in [4.78, 5) is 17.5. The zero-order chi connectivity index (χ0) is 27.4. The number of hydrogen-bond acceptors (Lipinski definition) is 5. The highest BCUT2D eigenvalue weighted by Crippen LogP contribution is 2.26. The van der Waals surface area contributed by atoms with E-state index >= 15 is 0 Å². The van der Waals surface area contributed by atoms with Crippen LogP contribution in [0.3, 0.4) is 0 Å². The normalized spacial score (nSPS) is 12.7. The third-order valence-electron chi connectivity index (χ3n) is 6.19. The van der Waals surface area contributed by atoms with Crippen molar-refractivity contribution >= 4 is 21.5 Å². The quantitative estimate of drug-likeness (QED) is 0.346. The van der Waals surface area contributed by atoms with E-state index in [2.05, 4.69) is 54.7 Å². The van der Waals surface area contributed by atoms with Crippen LogP contribution in [0.15, 0.2) is 54.6 Å². The number of ketones is 1. The number of hydrogen-bond donors (Lipinski definition) is 1. The van der Waals surface area contributed by atoms with E-state index < -0.39 is 21.8 Å². The minimum atomic E-state index is -3.60. The van der Waals surface area contributed by atoms with Crippen LogP contribution in [0.5, 0.6) is 5.88 Å². The van der Waals surface area contributed by atoms with Gasteiger partial charge >= 0.3 is 0 Å². The molecule has 1 atom stereocenters. The summed E-state index contributed by atoms with van der Waals surface area (Å²) >= 11 is 0. The smallest absolute Gasteiger partial charge is 0.229 e. The Morgan fingerprint density at radius 3 is 2.35 bits per heavy atom. The standard InChI is InChI=1S/C29H35FN2O4S/c1-19-7-10-22(28(31-19)36-18-21-8-13-24(14-9-21)29(3,4)5)12-16-27(33)20(2)23-11-15-26(25(30)17-23)32-37(6,34)35/h7-11,13-15,17,20,32H,12,16,18H2,1-6H3. The van der Waals surface area contributed by atoms with Crippen molar-refractivity contribution in [2.45, 2.75) is 65.4 Å². The van der Waals surface area contributed by atoms with Gasteiger partial charge in [0.05, 0.1) is 11.9 Å². The Morgan fingerprint density at radius 1 is 1.08 bits per heavy atom. The summed E-state index contributed by atoms with van der Waals surface area (Å²) in [5.74, 6) is -0.836. The van der Waals surface area contributed by atoms with Gasteiger partial charge in [0.1, 0.15) is 18.2 Å². The molecule has 37 heavy (non-hydrogen) atoms. The number of carbonyl (C=O) groups excluding carboxylic acids is 1. The van der Waals surface area contributed by atoms with E-state index in [9.17, 15) is 17.6 Å². The SMILES string of the molecule is Cc1ccc(CCC(=O)C(C)c2ccc(NS(C)(=O)=O)c(F)c2)c(OCc2ccc(C(C)(C)C)cc2)n1. The molecular formula is C29H35FN2O4S. The van der Waals surface area contributed by atoms with E-state index in [-0.39, 0.29) is 23.3 Å². The number of ether oxygens (including phenoxy) is 1. The van der Waals surface area contributed by atoms with Gasteiger partial charge in [0, 0.05) is 23.6 Å². The van der Waals surface area contributed by atoms with Gasteiger partial charge in [-0.1, -0.05) is 64.1 Å². The Labute approximate surface area is 219 Å². The van der Waals surface area contributed by atoms with Crippen molar-refractivity contribution in [3.05, 3.63) is 88.4 Å². The Bertz CT molecular complexity index is 1360. The van der Waals surface area contributed by atoms with Crippen LogP contribution in [-0.2, 0) is 33.3 Å². The maximum atomic E-state index is 14.4. The first-order chi connectivity index (χ1) is 17.2. The number of pyridine rings is 1. The lowest BCUT2D eigenvalue weighted by atomic mass is 9.87. The number of Topliss-reactive ketones (excluding diaryl/α,β-unsaturated/α-hetero) is 1. The summed E-state index contributed by atoms with van der Waals surface area (Å²) < 4.78 is 45.3. The number of sulfonamides is 1. The molecule has 0 radical (unpaired) electrons.